The van der Waals surface area contributed by atoms with Gasteiger partial charge in [-0.3, -0.25) is 9.80 Å². The molecule has 0 saturated heterocycles. The monoisotopic (exact) mass is 391 g/mol. The lowest BCUT2D eigenvalue weighted by atomic mass is 10.3. The average molecular weight is 392 g/mol. The zero-order chi connectivity index (χ0) is 12.3. The molecule has 0 aliphatic heterocycles. The van der Waals surface area contributed by atoms with Crippen LogP contribution in [-0.2, 0) is 4.79 Å². The fourth-order valence-electron chi connectivity index (χ4n) is 1.04. The molecule has 1 rings (SSSR count). The van der Waals surface area contributed by atoms with Crippen molar-refractivity contribution in [3.63, 3.8) is 0 Å². The van der Waals surface area contributed by atoms with Crippen molar-refractivity contribution in [3.8, 4) is 0 Å². The van der Waals surface area contributed by atoms with Crippen LogP contribution in [0.1, 0.15) is 5.56 Å². The summed E-state index contributed by atoms with van der Waals surface area (Å²) in [6.07, 6.45) is 1.03. The number of anilines is 1. The molecule has 16 heavy (non-hydrogen) atoms. The molecule has 0 aliphatic carbocycles. The number of aromatic nitrogens is 1. The van der Waals surface area contributed by atoms with E-state index >= 15 is 0 Å². The first-order chi connectivity index (χ1) is 7.51. The number of pyridine rings is 1. The highest BCUT2D eigenvalue weighted by Crippen LogP contribution is 2.37. The van der Waals surface area contributed by atoms with Crippen molar-refractivity contribution < 1.29 is 4.79 Å². The molecule has 0 fully saturated rings. The largest absolute Gasteiger partial charge is 0.277 e. The SMILES string of the molecule is Cc1c(Cl)cc(Cl)nc1N(PI)N(C)C=O. The summed E-state index contributed by atoms with van der Waals surface area (Å²) in [5.41, 5.74) is 0.795. The molecule has 0 bridgehead atoms. The van der Waals surface area contributed by atoms with E-state index in [4.69, 9.17) is 23.2 Å². The zero-order valence-electron chi connectivity index (χ0n) is 8.54. The van der Waals surface area contributed by atoms with Gasteiger partial charge in [-0.1, -0.05) is 23.2 Å². The summed E-state index contributed by atoms with van der Waals surface area (Å²) < 4.78 is 1.71. The number of nitrogens with zero attached hydrogens (tertiary/aromatic N) is 3. The maximum Gasteiger partial charge on any atom is 0.228 e. The Balaban J connectivity index is 3.24. The molecule has 1 amide bonds. The van der Waals surface area contributed by atoms with Crippen molar-refractivity contribution in [1.82, 2.24) is 9.99 Å². The number of rotatable bonds is 4. The van der Waals surface area contributed by atoms with E-state index in [1.54, 1.807) is 17.9 Å². The van der Waals surface area contributed by atoms with Gasteiger partial charge in [0.15, 0.2) is 5.82 Å². The molecule has 0 spiro atoms. The van der Waals surface area contributed by atoms with Crippen LogP contribution in [0.2, 0.25) is 10.2 Å². The van der Waals surface area contributed by atoms with Crippen LogP contribution in [-0.4, -0.2) is 23.5 Å². The maximum absolute atomic E-state index is 10.8. The first-order valence-electron chi connectivity index (χ1n) is 4.18. The van der Waals surface area contributed by atoms with Gasteiger partial charge in [0.1, 0.15) is 5.15 Å². The van der Waals surface area contributed by atoms with Gasteiger partial charge in [0.2, 0.25) is 6.41 Å². The number of carbonyl (C=O) groups is 1. The van der Waals surface area contributed by atoms with Crippen molar-refractivity contribution in [2.45, 2.75) is 6.92 Å². The Hall–Kier alpha value is 0.160. The molecule has 1 heterocycles. The van der Waals surface area contributed by atoms with Crippen molar-refractivity contribution in [3.05, 3.63) is 21.8 Å². The van der Waals surface area contributed by atoms with Gasteiger partial charge in [-0.25, -0.2) is 9.76 Å². The second kappa shape index (κ2) is 6.19. The smallest absolute Gasteiger partial charge is 0.228 e. The van der Waals surface area contributed by atoms with E-state index in [1.165, 1.54) is 5.01 Å². The summed E-state index contributed by atoms with van der Waals surface area (Å²) in [4.78, 5) is 14.9. The molecule has 4 nitrogen and oxygen atoms in total. The normalized spacial score (nSPS) is 10.8. The van der Waals surface area contributed by atoms with E-state index in [0.29, 0.717) is 28.8 Å². The molecule has 0 saturated carbocycles. The molecule has 0 aromatic carbocycles. The van der Waals surface area contributed by atoms with Crippen molar-refractivity contribution in [2.75, 3.05) is 11.8 Å². The van der Waals surface area contributed by atoms with Gasteiger partial charge < -0.3 is 0 Å². The average Bonchev–Trinajstić information content (AvgIpc) is 2.25. The molecule has 1 atom stereocenters. The summed E-state index contributed by atoms with van der Waals surface area (Å²) in [5.74, 6) is 0.597. The fourth-order valence-corrected chi connectivity index (χ4v) is 3.64. The summed E-state index contributed by atoms with van der Waals surface area (Å²) in [6, 6.07) is 1.58. The molecule has 1 unspecified atom stereocenters. The predicted octanol–water partition coefficient (Wildman–Crippen LogP) is 3.45. The molecular formula is C8H9Cl2IN3OP. The Morgan fingerprint density at radius 2 is 2.19 bits per heavy atom. The maximum atomic E-state index is 10.8. The van der Waals surface area contributed by atoms with Gasteiger partial charge >= 0.3 is 0 Å². The summed E-state index contributed by atoms with van der Waals surface area (Å²) in [5, 5.41) is 2.26. The predicted molar refractivity (Wildman–Crippen MR) is 77.6 cm³/mol. The van der Waals surface area contributed by atoms with E-state index < -0.39 is 0 Å². The quantitative estimate of drug-likeness (QED) is 0.259. The third-order valence-corrected chi connectivity index (χ3v) is 4.55. The van der Waals surface area contributed by atoms with E-state index in [9.17, 15) is 4.79 Å². The minimum Gasteiger partial charge on any atom is -0.277 e. The number of hydrazine groups is 1. The van der Waals surface area contributed by atoms with E-state index in [0.717, 1.165) is 5.56 Å². The van der Waals surface area contributed by atoms with Crippen LogP contribution in [0.5, 0.6) is 0 Å². The Morgan fingerprint density at radius 3 is 2.69 bits per heavy atom. The Bertz CT molecular complexity index is 407. The number of carbonyl (C=O) groups excluding carboxylic acids is 1. The van der Waals surface area contributed by atoms with Gasteiger partial charge in [0.05, 0.1) is 11.4 Å². The molecule has 1 aromatic heterocycles. The third-order valence-electron chi connectivity index (χ3n) is 1.90. The molecule has 0 aliphatic rings. The minimum atomic E-state index is 0.310. The highest BCUT2D eigenvalue weighted by Gasteiger charge is 2.16. The Kier molecular flexibility index (Phi) is 5.50. The summed E-state index contributed by atoms with van der Waals surface area (Å²) in [6.45, 7) is 1.84. The van der Waals surface area contributed by atoms with Crippen LogP contribution in [0.3, 0.4) is 0 Å². The van der Waals surface area contributed by atoms with Crippen LogP contribution in [0.4, 0.5) is 5.82 Å². The van der Waals surface area contributed by atoms with E-state index in [2.05, 4.69) is 27.0 Å². The number of amides is 1. The van der Waals surface area contributed by atoms with E-state index in [-0.39, 0.29) is 0 Å². The highest BCUT2D eigenvalue weighted by molar-refractivity contribution is 14.2. The Morgan fingerprint density at radius 1 is 1.56 bits per heavy atom. The second-order valence-corrected chi connectivity index (χ2v) is 5.79. The van der Waals surface area contributed by atoms with Gasteiger partial charge in [-0.05, 0) is 35.0 Å². The lowest BCUT2D eigenvalue weighted by molar-refractivity contribution is -0.116. The standard InChI is InChI=1S/C8H9Cl2IN3OP/c1-5-6(9)3-7(10)12-8(5)14(16-11)13(2)4-15/h3-4,16H,1-2H3. The summed E-state index contributed by atoms with van der Waals surface area (Å²) in [7, 11) is 1.65. The van der Waals surface area contributed by atoms with Crippen LogP contribution >= 0.6 is 51.6 Å². The van der Waals surface area contributed by atoms with Crippen LogP contribution in [0.15, 0.2) is 6.07 Å². The van der Waals surface area contributed by atoms with Crippen molar-refractivity contribution >= 4 is 63.8 Å². The number of hydrogen-bond donors (Lipinski definition) is 0. The fraction of sp³-hybridized carbons (Fsp3) is 0.250. The lowest BCUT2D eigenvalue weighted by Crippen LogP contribution is -2.32. The summed E-state index contributed by atoms with van der Waals surface area (Å²) >= 11 is 14.0. The molecule has 8 heteroatoms. The van der Waals surface area contributed by atoms with Crippen LogP contribution in [0, 0.1) is 6.92 Å². The topological polar surface area (TPSA) is 36.4 Å². The van der Waals surface area contributed by atoms with Gasteiger partial charge in [0, 0.05) is 12.6 Å². The van der Waals surface area contributed by atoms with Crippen molar-refractivity contribution in [1.29, 1.82) is 0 Å². The van der Waals surface area contributed by atoms with Crippen LogP contribution in [0.25, 0.3) is 0 Å². The molecule has 0 N–H and O–H groups in total. The second-order valence-electron chi connectivity index (χ2n) is 2.95. The first kappa shape index (κ1) is 14.2. The van der Waals surface area contributed by atoms with Crippen molar-refractivity contribution in [2.24, 2.45) is 0 Å². The molecule has 1 aromatic rings. The van der Waals surface area contributed by atoms with Gasteiger partial charge in [-0.2, -0.15) is 0 Å². The first-order valence-corrected chi connectivity index (χ1v) is 9.00. The molecular weight excluding hydrogens is 383 g/mol. The lowest BCUT2D eigenvalue weighted by Gasteiger charge is -2.28. The van der Waals surface area contributed by atoms with E-state index in [1.807, 2.05) is 6.92 Å². The zero-order valence-corrected chi connectivity index (χ0v) is 13.2. The number of halogens is 3. The van der Waals surface area contributed by atoms with Gasteiger partial charge in [-0.15, -0.1) is 0 Å². The highest BCUT2D eigenvalue weighted by atomic mass is 127. The Labute approximate surface area is 119 Å². The van der Waals surface area contributed by atoms with Gasteiger partial charge in [0.25, 0.3) is 0 Å². The molecule has 0 radical (unpaired) electrons. The third kappa shape index (κ3) is 3.09. The molecule has 88 valence electrons. The van der Waals surface area contributed by atoms with Crippen LogP contribution < -0.4 is 4.78 Å². The number of hydrogen-bond acceptors (Lipinski definition) is 3. The minimum absolute atomic E-state index is 0.310.